The first-order valence-electron chi connectivity index (χ1n) is 9.19. The third-order valence-corrected chi connectivity index (χ3v) is 5.64. The van der Waals surface area contributed by atoms with E-state index in [9.17, 15) is 9.59 Å². The van der Waals surface area contributed by atoms with Gasteiger partial charge in [-0.1, -0.05) is 11.6 Å². The molecule has 9 heteroatoms. The summed E-state index contributed by atoms with van der Waals surface area (Å²) in [4.78, 5) is 44.4. The molecule has 2 unspecified atom stereocenters. The van der Waals surface area contributed by atoms with Gasteiger partial charge in [0.1, 0.15) is 5.82 Å². The zero-order valence-corrected chi connectivity index (χ0v) is 16.5. The van der Waals surface area contributed by atoms with E-state index in [0.717, 1.165) is 6.54 Å². The number of aromatic nitrogens is 3. The standard InChI is InChI=1S/C19H21ClN6O2/c1-12-11-25(8-7-24(12)2)16(27)9-14-17-18(22-6-5-21-17)19(28)26(14)15-4-3-13(20)10-23-15/h3-6,10,12,14H,7-9,11H2,1-2H3. The Labute approximate surface area is 168 Å². The van der Waals surface area contributed by atoms with Crippen LogP contribution >= 0.6 is 11.6 Å². The smallest absolute Gasteiger partial charge is 0.280 e. The first-order valence-corrected chi connectivity index (χ1v) is 9.57. The summed E-state index contributed by atoms with van der Waals surface area (Å²) in [6, 6.07) is 3.10. The van der Waals surface area contributed by atoms with Crippen molar-refractivity contribution in [3.63, 3.8) is 0 Å². The van der Waals surface area contributed by atoms with E-state index in [4.69, 9.17) is 11.6 Å². The molecule has 2 amide bonds. The highest BCUT2D eigenvalue weighted by molar-refractivity contribution is 6.30. The van der Waals surface area contributed by atoms with Gasteiger partial charge in [-0.05, 0) is 26.1 Å². The van der Waals surface area contributed by atoms with Gasteiger partial charge in [0.15, 0.2) is 5.69 Å². The fourth-order valence-corrected chi connectivity index (χ4v) is 3.78. The topological polar surface area (TPSA) is 82.5 Å². The van der Waals surface area contributed by atoms with Gasteiger partial charge in [-0.2, -0.15) is 0 Å². The third-order valence-electron chi connectivity index (χ3n) is 5.41. The largest absolute Gasteiger partial charge is 0.340 e. The second-order valence-electron chi connectivity index (χ2n) is 7.19. The molecule has 2 aromatic rings. The van der Waals surface area contributed by atoms with Crippen LogP contribution in [0.25, 0.3) is 0 Å². The number of nitrogens with zero attached hydrogens (tertiary/aromatic N) is 6. The van der Waals surface area contributed by atoms with Gasteiger partial charge in [0.25, 0.3) is 5.91 Å². The normalized spacial score (nSPS) is 22.5. The van der Waals surface area contributed by atoms with Crippen LogP contribution in [0.15, 0.2) is 30.7 Å². The molecular weight excluding hydrogens is 380 g/mol. The summed E-state index contributed by atoms with van der Waals surface area (Å²) < 4.78 is 0. The fraction of sp³-hybridized carbons (Fsp3) is 0.421. The second kappa shape index (κ2) is 7.44. The molecule has 0 N–H and O–H groups in total. The molecule has 2 aromatic heterocycles. The predicted octanol–water partition coefficient (Wildman–Crippen LogP) is 1.78. The van der Waals surface area contributed by atoms with Crippen molar-refractivity contribution in [3.8, 4) is 0 Å². The molecule has 2 aliphatic rings. The van der Waals surface area contributed by atoms with E-state index < -0.39 is 6.04 Å². The lowest BCUT2D eigenvalue weighted by atomic mass is 10.1. The van der Waals surface area contributed by atoms with Crippen LogP contribution in [0.1, 0.15) is 35.6 Å². The van der Waals surface area contributed by atoms with E-state index in [-0.39, 0.29) is 23.9 Å². The molecule has 0 aromatic carbocycles. The van der Waals surface area contributed by atoms with Crippen molar-refractivity contribution in [2.75, 3.05) is 31.6 Å². The Morgan fingerprint density at radius 2 is 2.00 bits per heavy atom. The second-order valence-corrected chi connectivity index (χ2v) is 7.63. The Morgan fingerprint density at radius 1 is 1.21 bits per heavy atom. The van der Waals surface area contributed by atoms with Gasteiger partial charge >= 0.3 is 0 Å². The van der Waals surface area contributed by atoms with Crippen molar-refractivity contribution in [3.05, 3.63) is 47.1 Å². The van der Waals surface area contributed by atoms with Crippen molar-refractivity contribution >= 4 is 29.2 Å². The molecule has 4 heterocycles. The SMILES string of the molecule is CC1CN(C(=O)CC2c3nccnc3C(=O)N2c2ccc(Cl)cn2)CCN1C. The highest BCUT2D eigenvalue weighted by Gasteiger charge is 2.42. The highest BCUT2D eigenvalue weighted by atomic mass is 35.5. The molecule has 0 saturated carbocycles. The average molecular weight is 401 g/mol. The van der Waals surface area contributed by atoms with Crippen molar-refractivity contribution in [2.45, 2.75) is 25.4 Å². The molecule has 4 rings (SSSR count). The molecule has 2 atom stereocenters. The minimum Gasteiger partial charge on any atom is -0.340 e. The monoisotopic (exact) mass is 400 g/mol. The van der Waals surface area contributed by atoms with Crippen molar-refractivity contribution in [1.29, 1.82) is 0 Å². The number of hydrogen-bond acceptors (Lipinski definition) is 6. The van der Waals surface area contributed by atoms with Gasteiger partial charge in [0.2, 0.25) is 5.91 Å². The Bertz CT molecular complexity index is 906. The van der Waals surface area contributed by atoms with Crippen LogP contribution in [0.2, 0.25) is 5.02 Å². The molecule has 0 bridgehead atoms. The molecule has 0 radical (unpaired) electrons. The summed E-state index contributed by atoms with van der Waals surface area (Å²) in [5.41, 5.74) is 0.781. The summed E-state index contributed by atoms with van der Waals surface area (Å²) >= 11 is 5.94. The number of carbonyl (C=O) groups is 2. The molecule has 1 saturated heterocycles. The van der Waals surface area contributed by atoms with E-state index in [1.807, 2.05) is 4.90 Å². The summed E-state index contributed by atoms with van der Waals surface area (Å²) in [5.74, 6) is 0.122. The molecule has 1 fully saturated rings. The first-order chi connectivity index (χ1) is 13.5. The number of rotatable bonds is 3. The van der Waals surface area contributed by atoms with E-state index in [0.29, 0.717) is 35.7 Å². The van der Waals surface area contributed by atoms with Crippen LogP contribution in [-0.2, 0) is 4.79 Å². The quantitative estimate of drug-likeness (QED) is 0.781. The third kappa shape index (κ3) is 3.33. The van der Waals surface area contributed by atoms with Gasteiger partial charge in [-0.15, -0.1) is 0 Å². The van der Waals surface area contributed by atoms with Crippen LogP contribution in [-0.4, -0.2) is 69.3 Å². The van der Waals surface area contributed by atoms with E-state index in [2.05, 4.69) is 33.8 Å². The van der Waals surface area contributed by atoms with E-state index in [1.165, 1.54) is 17.3 Å². The fourth-order valence-electron chi connectivity index (χ4n) is 3.67. The number of amides is 2. The lowest BCUT2D eigenvalue weighted by molar-refractivity contribution is -0.134. The number of likely N-dealkylation sites (N-methyl/N-ethyl adjacent to an activating group) is 1. The van der Waals surface area contributed by atoms with Gasteiger partial charge < -0.3 is 9.80 Å². The summed E-state index contributed by atoms with van der Waals surface area (Å²) in [6.07, 6.45) is 4.64. The molecular formula is C19H21ClN6O2. The number of pyridine rings is 1. The van der Waals surface area contributed by atoms with E-state index >= 15 is 0 Å². The van der Waals surface area contributed by atoms with Crippen LogP contribution in [0.3, 0.4) is 0 Å². The molecule has 0 spiro atoms. The Morgan fingerprint density at radius 3 is 2.71 bits per heavy atom. The maximum Gasteiger partial charge on any atom is 0.280 e. The minimum absolute atomic E-state index is 0.00443. The van der Waals surface area contributed by atoms with Crippen molar-refractivity contribution in [1.82, 2.24) is 24.8 Å². The number of piperazine rings is 1. The maximum atomic E-state index is 13.0. The van der Waals surface area contributed by atoms with Gasteiger partial charge in [0, 0.05) is 44.3 Å². The Balaban J connectivity index is 1.63. The first kappa shape index (κ1) is 18.8. The number of halogens is 1. The average Bonchev–Trinajstić information content (AvgIpc) is 2.97. The highest BCUT2D eigenvalue weighted by Crippen LogP contribution is 2.37. The predicted molar refractivity (Wildman–Crippen MR) is 104 cm³/mol. The van der Waals surface area contributed by atoms with E-state index in [1.54, 1.807) is 18.3 Å². The van der Waals surface area contributed by atoms with Crippen molar-refractivity contribution in [2.24, 2.45) is 0 Å². The molecule has 8 nitrogen and oxygen atoms in total. The van der Waals surface area contributed by atoms with Crippen LogP contribution < -0.4 is 4.90 Å². The number of carbonyl (C=O) groups excluding carboxylic acids is 2. The zero-order chi connectivity index (χ0) is 19.8. The Hall–Kier alpha value is -2.58. The molecule has 2 aliphatic heterocycles. The summed E-state index contributed by atoms with van der Waals surface area (Å²) in [7, 11) is 2.06. The van der Waals surface area contributed by atoms with Crippen molar-refractivity contribution < 1.29 is 9.59 Å². The van der Waals surface area contributed by atoms with Crippen LogP contribution in [0, 0.1) is 0 Å². The maximum absolute atomic E-state index is 13.0. The lowest BCUT2D eigenvalue weighted by Crippen LogP contribution is -2.52. The van der Waals surface area contributed by atoms with Gasteiger partial charge in [0.05, 0.1) is 23.2 Å². The zero-order valence-electron chi connectivity index (χ0n) is 15.7. The minimum atomic E-state index is -0.535. The number of hydrogen-bond donors (Lipinski definition) is 0. The Kier molecular flexibility index (Phi) is 4.99. The summed E-state index contributed by atoms with van der Waals surface area (Å²) in [5, 5.41) is 0.475. The molecule has 0 aliphatic carbocycles. The number of anilines is 1. The summed E-state index contributed by atoms with van der Waals surface area (Å²) in [6.45, 7) is 4.27. The lowest BCUT2D eigenvalue weighted by Gasteiger charge is -2.38. The van der Waals surface area contributed by atoms with Gasteiger partial charge in [-0.3, -0.25) is 19.5 Å². The number of fused-ring (bicyclic) bond motifs is 1. The van der Waals surface area contributed by atoms with Crippen LogP contribution in [0.4, 0.5) is 5.82 Å². The van der Waals surface area contributed by atoms with Gasteiger partial charge in [-0.25, -0.2) is 9.97 Å². The molecule has 146 valence electrons. The van der Waals surface area contributed by atoms with Crippen LogP contribution in [0.5, 0.6) is 0 Å². The molecule has 28 heavy (non-hydrogen) atoms.